The van der Waals surface area contributed by atoms with E-state index in [2.05, 4.69) is 15.4 Å². The van der Waals surface area contributed by atoms with Crippen molar-refractivity contribution in [1.29, 1.82) is 0 Å². The minimum atomic E-state index is -0.800. The molecule has 0 saturated heterocycles. The van der Waals surface area contributed by atoms with Crippen LogP contribution < -0.4 is 10.6 Å². The first-order valence-electron chi connectivity index (χ1n) is 7.40. The fraction of sp³-hybridized carbons (Fsp3) is 0.533. The number of aryl methyl sites for hydroxylation is 1. The summed E-state index contributed by atoms with van der Waals surface area (Å²) in [5.41, 5.74) is 1.35. The number of hydrogen-bond acceptors (Lipinski definition) is 5. The molecule has 0 unspecified atom stereocenters. The Hall–Kier alpha value is -1.89. The summed E-state index contributed by atoms with van der Waals surface area (Å²) in [7, 11) is 1.20. The van der Waals surface area contributed by atoms with Gasteiger partial charge in [-0.2, -0.15) is 0 Å². The van der Waals surface area contributed by atoms with Gasteiger partial charge in [0.15, 0.2) is 0 Å². The molecule has 2 N–H and O–H groups in total. The van der Waals surface area contributed by atoms with Crippen molar-refractivity contribution in [2.24, 2.45) is 0 Å². The van der Waals surface area contributed by atoms with Gasteiger partial charge in [-0.3, -0.25) is 14.9 Å². The summed E-state index contributed by atoms with van der Waals surface area (Å²) < 4.78 is 4.46. The molecule has 0 spiro atoms. The lowest BCUT2D eigenvalue weighted by Gasteiger charge is -2.08. The second kappa shape index (κ2) is 7.40. The molecule has 3 amide bonds. The van der Waals surface area contributed by atoms with Gasteiger partial charge in [-0.05, 0) is 31.2 Å². The predicted molar refractivity (Wildman–Crippen MR) is 84.4 cm³/mol. The van der Waals surface area contributed by atoms with Crippen molar-refractivity contribution in [2.45, 2.75) is 45.4 Å². The maximum atomic E-state index is 12.3. The van der Waals surface area contributed by atoms with E-state index in [0.29, 0.717) is 17.0 Å². The van der Waals surface area contributed by atoms with E-state index in [1.807, 2.05) is 6.92 Å². The molecule has 1 aliphatic rings. The summed E-state index contributed by atoms with van der Waals surface area (Å²) in [5.74, 6) is -0.620. The monoisotopic (exact) mass is 324 g/mol. The molecular formula is C15H20N2O4S. The van der Waals surface area contributed by atoms with E-state index in [9.17, 15) is 14.4 Å². The zero-order chi connectivity index (χ0) is 16.1. The molecule has 1 aromatic heterocycles. The Bertz CT molecular complexity index is 595. The molecule has 22 heavy (non-hydrogen) atoms. The number of carbonyl (C=O) groups excluding carboxylic acids is 3. The van der Waals surface area contributed by atoms with Gasteiger partial charge in [0.25, 0.3) is 5.91 Å². The maximum Gasteiger partial charge on any atom is 0.413 e. The number of hydrogen-bond donors (Lipinski definition) is 2. The Kier molecular flexibility index (Phi) is 5.54. The second-order valence-corrected chi connectivity index (χ2v) is 6.26. The normalized spacial score (nSPS) is 12.6. The van der Waals surface area contributed by atoms with Crippen molar-refractivity contribution in [3.8, 4) is 0 Å². The van der Waals surface area contributed by atoms with E-state index in [0.717, 1.165) is 42.5 Å². The number of fused-ring (bicyclic) bond motifs is 1. The number of imide groups is 1. The molecule has 120 valence electrons. The summed E-state index contributed by atoms with van der Waals surface area (Å²) in [6.07, 6.45) is 4.06. The van der Waals surface area contributed by atoms with Gasteiger partial charge in [-0.15, -0.1) is 11.3 Å². The summed E-state index contributed by atoms with van der Waals surface area (Å²) in [6.45, 7) is 2.02. The molecule has 1 aromatic rings. The van der Waals surface area contributed by atoms with Crippen LogP contribution in [0.5, 0.6) is 0 Å². The molecule has 6 nitrogen and oxygen atoms in total. The Morgan fingerprint density at radius 2 is 2.05 bits per heavy atom. The van der Waals surface area contributed by atoms with Gasteiger partial charge in [0.2, 0.25) is 5.91 Å². The number of amides is 3. The summed E-state index contributed by atoms with van der Waals surface area (Å²) in [6, 6.07) is 0. The number of anilines is 1. The Morgan fingerprint density at radius 3 is 2.73 bits per heavy atom. The number of nitrogens with one attached hydrogen (secondary N) is 2. The summed E-state index contributed by atoms with van der Waals surface area (Å²) in [5, 5.41) is 5.52. The van der Waals surface area contributed by atoms with Gasteiger partial charge in [0, 0.05) is 11.3 Å². The predicted octanol–water partition coefficient (Wildman–Crippen LogP) is 2.86. The van der Waals surface area contributed by atoms with Crippen LogP contribution in [0, 0.1) is 0 Å². The molecule has 0 radical (unpaired) electrons. The van der Waals surface area contributed by atoms with Crippen LogP contribution in [0.4, 0.5) is 9.80 Å². The highest BCUT2D eigenvalue weighted by atomic mass is 32.1. The van der Waals surface area contributed by atoms with Gasteiger partial charge in [0.1, 0.15) is 5.00 Å². The first kappa shape index (κ1) is 16.5. The highest BCUT2D eigenvalue weighted by Gasteiger charge is 2.28. The van der Waals surface area contributed by atoms with Crippen LogP contribution in [0.25, 0.3) is 0 Å². The number of unbranched alkanes of at least 4 members (excludes halogenated alkanes) is 1. The van der Waals surface area contributed by atoms with Gasteiger partial charge >= 0.3 is 6.09 Å². The Morgan fingerprint density at radius 1 is 1.27 bits per heavy atom. The minimum Gasteiger partial charge on any atom is -0.453 e. The number of methoxy groups -OCH3 is 1. The van der Waals surface area contributed by atoms with Crippen LogP contribution in [0.2, 0.25) is 0 Å². The second-order valence-electron chi connectivity index (χ2n) is 5.16. The molecule has 1 aliphatic carbocycles. The summed E-state index contributed by atoms with van der Waals surface area (Å²) >= 11 is 1.43. The highest BCUT2D eigenvalue weighted by Crippen LogP contribution is 2.39. The first-order valence-corrected chi connectivity index (χ1v) is 8.22. The molecule has 7 heteroatoms. The topological polar surface area (TPSA) is 84.5 Å². The number of ether oxygens (including phenoxy) is 1. The van der Waals surface area contributed by atoms with Crippen LogP contribution in [0.15, 0.2) is 0 Å². The van der Waals surface area contributed by atoms with E-state index in [-0.39, 0.29) is 5.91 Å². The minimum absolute atomic E-state index is 0.103. The van der Waals surface area contributed by atoms with Gasteiger partial charge in [0.05, 0.1) is 12.7 Å². The van der Waals surface area contributed by atoms with E-state index >= 15 is 0 Å². The molecule has 0 fully saturated rings. The molecule has 2 rings (SSSR count). The van der Waals surface area contributed by atoms with Crippen molar-refractivity contribution in [3.05, 3.63) is 16.0 Å². The van der Waals surface area contributed by atoms with E-state index in [1.165, 1.54) is 18.4 Å². The third-order valence-electron chi connectivity index (χ3n) is 3.56. The highest BCUT2D eigenvalue weighted by molar-refractivity contribution is 7.17. The van der Waals surface area contributed by atoms with Crippen molar-refractivity contribution in [3.63, 3.8) is 0 Å². The van der Waals surface area contributed by atoms with Crippen molar-refractivity contribution in [1.82, 2.24) is 5.32 Å². The zero-order valence-electron chi connectivity index (χ0n) is 12.8. The third kappa shape index (κ3) is 3.65. The lowest BCUT2D eigenvalue weighted by Crippen LogP contribution is -2.31. The smallest absolute Gasteiger partial charge is 0.413 e. The van der Waals surface area contributed by atoms with Crippen LogP contribution in [0.3, 0.4) is 0 Å². The van der Waals surface area contributed by atoms with Crippen molar-refractivity contribution >= 4 is 34.2 Å². The molecule has 0 aromatic carbocycles. The Balaban J connectivity index is 2.21. The van der Waals surface area contributed by atoms with Crippen LogP contribution in [-0.4, -0.2) is 25.0 Å². The van der Waals surface area contributed by atoms with E-state index < -0.39 is 12.0 Å². The largest absolute Gasteiger partial charge is 0.453 e. The quantitative estimate of drug-likeness (QED) is 0.872. The van der Waals surface area contributed by atoms with E-state index in [1.54, 1.807) is 0 Å². The first-order chi connectivity index (χ1) is 10.6. The zero-order valence-corrected chi connectivity index (χ0v) is 13.6. The van der Waals surface area contributed by atoms with Gasteiger partial charge in [-0.25, -0.2) is 4.79 Å². The summed E-state index contributed by atoms with van der Waals surface area (Å²) in [4.78, 5) is 36.6. The van der Waals surface area contributed by atoms with E-state index in [4.69, 9.17) is 0 Å². The van der Waals surface area contributed by atoms with Crippen LogP contribution >= 0.6 is 11.3 Å². The maximum absolute atomic E-state index is 12.3. The fourth-order valence-electron chi connectivity index (χ4n) is 2.47. The molecular weight excluding hydrogens is 304 g/mol. The number of alkyl carbamates (subject to hydrolysis) is 1. The fourth-order valence-corrected chi connectivity index (χ4v) is 3.77. The standard InChI is InChI=1S/C15H20N2O4S/c1-3-4-8-11(18)16-14-12(13(19)17-15(20)21-2)9-6-5-7-10(9)22-14/h3-8H2,1-2H3,(H,16,18)(H,17,19,20). The average Bonchev–Trinajstić information content (AvgIpc) is 3.04. The number of rotatable bonds is 5. The SMILES string of the molecule is CCCCC(=O)Nc1sc2c(c1C(=O)NC(=O)OC)CCC2. The van der Waals surface area contributed by atoms with Gasteiger partial charge < -0.3 is 10.1 Å². The molecule has 0 bridgehead atoms. The lowest BCUT2D eigenvalue weighted by molar-refractivity contribution is -0.116. The molecule has 0 atom stereocenters. The van der Waals surface area contributed by atoms with Crippen molar-refractivity contribution < 1.29 is 19.1 Å². The lowest BCUT2D eigenvalue weighted by atomic mass is 10.1. The van der Waals surface area contributed by atoms with Crippen LogP contribution in [0.1, 0.15) is 53.4 Å². The molecule has 0 aliphatic heterocycles. The Labute approximate surface area is 133 Å². The molecule has 1 heterocycles. The van der Waals surface area contributed by atoms with Gasteiger partial charge in [-0.1, -0.05) is 13.3 Å². The average molecular weight is 324 g/mol. The number of carbonyl (C=O) groups is 3. The molecule has 0 saturated carbocycles. The van der Waals surface area contributed by atoms with Crippen molar-refractivity contribution in [2.75, 3.05) is 12.4 Å². The third-order valence-corrected chi connectivity index (χ3v) is 4.77. The number of thiophene rings is 1. The van der Waals surface area contributed by atoms with Crippen LogP contribution in [-0.2, 0) is 22.4 Å².